The van der Waals surface area contributed by atoms with Gasteiger partial charge in [0, 0.05) is 37.2 Å². The third-order valence-electron chi connectivity index (χ3n) is 3.75. The number of aromatic nitrogens is 3. The summed E-state index contributed by atoms with van der Waals surface area (Å²) in [5.74, 6) is -0.165. The first-order valence-electron chi connectivity index (χ1n) is 8.19. The van der Waals surface area contributed by atoms with Crippen molar-refractivity contribution in [2.24, 2.45) is 7.05 Å². The van der Waals surface area contributed by atoms with E-state index in [9.17, 15) is 9.90 Å². The number of nitrogens with zero attached hydrogens (tertiary/aromatic N) is 3. The van der Waals surface area contributed by atoms with Gasteiger partial charge in [-0.05, 0) is 12.1 Å². The molecule has 7 nitrogen and oxygen atoms in total. The molecular weight excluding hydrogens is 352 g/mol. The molecule has 26 heavy (non-hydrogen) atoms. The fourth-order valence-corrected chi connectivity index (χ4v) is 3.20. The summed E-state index contributed by atoms with van der Waals surface area (Å²) in [6.45, 7) is 0.713. The molecule has 0 aliphatic carbocycles. The Bertz CT molecular complexity index is 847. The number of para-hydroxylation sites is 1. The lowest BCUT2D eigenvalue weighted by Crippen LogP contribution is -2.37. The lowest BCUT2D eigenvalue weighted by Gasteiger charge is -2.14. The van der Waals surface area contributed by atoms with Crippen LogP contribution in [-0.4, -0.2) is 38.5 Å². The minimum absolute atomic E-state index is 0.325. The van der Waals surface area contributed by atoms with Crippen LogP contribution in [0, 0.1) is 0 Å². The largest absolute Gasteiger partial charge is 0.494 e. The number of thiazole rings is 1. The maximum absolute atomic E-state index is 11.4. The van der Waals surface area contributed by atoms with E-state index >= 15 is 0 Å². The summed E-state index contributed by atoms with van der Waals surface area (Å²) in [6, 6.07) is 8.66. The van der Waals surface area contributed by atoms with Crippen LogP contribution in [0.5, 0.6) is 5.75 Å². The highest BCUT2D eigenvalue weighted by Crippen LogP contribution is 2.22. The fraction of sp³-hybridized carbons (Fsp3) is 0.278. The summed E-state index contributed by atoms with van der Waals surface area (Å²) < 4.78 is 7.30. The van der Waals surface area contributed by atoms with Crippen LogP contribution in [0.1, 0.15) is 12.1 Å². The summed E-state index contributed by atoms with van der Waals surface area (Å²) in [6.07, 6.45) is 4.03. The van der Waals surface area contributed by atoms with Crippen LogP contribution < -0.4 is 10.1 Å². The SMILES string of the molecule is Cn1cc(-c2nc(CN[C@H](CCOc3ccccc3)C(=O)O)cs2)cn1. The number of hydrogen-bond donors (Lipinski definition) is 2. The number of hydrogen-bond acceptors (Lipinski definition) is 6. The molecule has 0 saturated heterocycles. The van der Waals surface area contributed by atoms with Crippen LogP contribution in [0.15, 0.2) is 48.1 Å². The zero-order chi connectivity index (χ0) is 18.4. The van der Waals surface area contributed by atoms with Gasteiger partial charge in [0.2, 0.25) is 0 Å². The van der Waals surface area contributed by atoms with E-state index in [-0.39, 0.29) is 0 Å². The topological polar surface area (TPSA) is 89.3 Å². The van der Waals surface area contributed by atoms with Crippen molar-refractivity contribution < 1.29 is 14.6 Å². The lowest BCUT2D eigenvalue weighted by atomic mass is 10.2. The normalized spacial score (nSPS) is 12.0. The van der Waals surface area contributed by atoms with E-state index < -0.39 is 12.0 Å². The predicted octanol–water partition coefficient (Wildman–Crippen LogP) is 2.56. The Morgan fingerprint density at radius 3 is 2.88 bits per heavy atom. The van der Waals surface area contributed by atoms with Crippen LogP contribution in [0.4, 0.5) is 0 Å². The van der Waals surface area contributed by atoms with Crippen LogP contribution in [0.3, 0.4) is 0 Å². The van der Waals surface area contributed by atoms with Gasteiger partial charge < -0.3 is 9.84 Å². The second-order valence-corrected chi connectivity index (χ2v) is 6.63. The van der Waals surface area contributed by atoms with Gasteiger partial charge in [0.25, 0.3) is 0 Å². The molecule has 0 aliphatic rings. The van der Waals surface area contributed by atoms with Gasteiger partial charge in [-0.2, -0.15) is 5.10 Å². The molecule has 1 aromatic carbocycles. The molecular formula is C18H20N4O3S. The van der Waals surface area contributed by atoms with Crippen molar-refractivity contribution in [2.75, 3.05) is 6.61 Å². The molecule has 1 atom stereocenters. The number of aliphatic carboxylic acids is 1. The van der Waals surface area contributed by atoms with E-state index in [1.165, 1.54) is 11.3 Å². The van der Waals surface area contributed by atoms with Gasteiger partial charge in [-0.1, -0.05) is 18.2 Å². The zero-order valence-electron chi connectivity index (χ0n) is 14.3. The van der Waals surface area contributed by atoms with Gasteiger partial charge in [0.15, 0.2) is 0 Å². The highest BCUT2D eigenvalue weighted by Gasteiger charge is 2.17. The molecule has 3 rings (SSSR count). The maximum atomic E-state index is 11.4. The van der Waals surface area contributed by atoms with Crippen molar-refractivity contribution in [3.8, 4) is 16.3 Å². The van der Waals surface area contributed by atoms with Crippen LogP contribution in [0.25, 0.3) is 10.6 Å². The standard InChI is InChI=1S/C18H20N4O3S/c1-22-11-13(9-20-22)17-21-14(12-26-17)10-19-16(18(23)24)7-8-25-15-5-3-2-4-6-15/h2-6,9,11-12,16,19H,7-8,10H2,1H3,(H,23,24)/t16-/m1/s1. The van der Waals surface area contributed by atoms with Crippen molar-refractivity contribution in [2.45, 2.75) is 19.0 Å². The molecule has 0 aliphatic heterocycles. The lowest BCUT2D eigenvalue weighted by molar-refractivity contribution is -0.139. The molecule has 0 radical (unpaired) electrons. The quantitative estimate of drug-likeness (QED) is 0.600. The third kappa shape index (κ3) is 4.90. The minimum Gasteiger partial charge on any atom is -0.494 e. The molecule has 8 heteroatoms. The van der Waals surface area contributed by atoms with E-state index in [4.69, 9.17) is 4.74 Å². The van der Waals surface area contributed by atoms with Gasteiger partial charge >= 0.3 is 5.97 Å². The molecule has 2 N–H and O–H groups in total. The first-order chi connectivity index (χ1) is 12.6. The Labute approximate surface area is 155 Å². The van der Waals surface area contributed by atoms with E-state index in [2.05, 4.69) is 15.4 Å². The molecule has 2 aromatic heterocycles. The summed E-state index contributed by atoms with van der Waals surface area (Å²) in [5.41, 5.74) is 1.76. The van der Waals surface area contributed by atoms with Gasteiger partial charge in [-0.15, -0.1) is 11.3 Å². The summed E-state index contributed by atoms with van der Waals surface area (Å²) in [7, 11) is 1.86. The average molecular weight is 372 g/mol. The number of nitrogens with one attached hydrogen (secondary N) is 1. The van der Waals surface area contributed by atoms with Crippen molar-refractivity contribution in [1.82, 2.24) is 20.1 Å². The highest BCUT2D eigenvalue weighted by molar-refractivity contribution is 7.13. The molecule has 0 fully saturated rings. The molecule has 0 unspecified atom stereocenters. The zero-order valence-corrected chi connectivity index (χ0v) is 15.1. The Morgan fingerprint density at radius 2 is 2.19 bits per heavy atom. The molecule has 136 valence electrons. The van der Waals surface area contributed by atoms with Crippen molar-refractivity contribution in [3.05, 3.63) is 53.8 Å². The Kier molecular flexibility index (Phi) is 5.98. The monoisotopic (exact) mass is 372 g/mol. The van der Waals surface area contributed by atoms with Gasteiger partial charge in [-0.25, -0.2) is 4.98 Å². The molecule has 0 bridgehead atoms. The van der Waals surface area contributed by atoms with Crippen LogP contribution >= 0.6 is 11.3 Å². The van der Waals surface area contributed by atoms with Gasteiger partial charge in [0.1, 0.15) is 16.8 Å². The van der Waals surface area contributed by atoms with Crippen LogP contribution in [-0.2, 0) is 18.4 Å². The van der Waals surface area contributed by atoms with E-state index in [0.29, 0.717) is 19.6 Å². The summed E-state index contributed by atoms with van der Waals surface area (Å²) >= 11 is 1.51. The molecule has 2 heterocycles. The number of benzene rings is 1. The molecule has 0 amide bonds. The molecule has 0 spiro atoms. The van der Waals surface area contributed by atoms with Crippen molar-refractivity contribution in [1.29, 1.82) is 0 Å². The Balaban J connectivity index is 1.51. The number of carboxylic acids is 1. The van der Waals surface area contributed by atoms with E-state index in [1.807, 2.05) is 49.0 Å². The summed E-state index contributed by atoms with van der Waals surface area (Å²) in [5, 5.41) is 19.4. The second kappa shape index (κ2) is 8.59. The third-order valence-corrected chi connectivity index (χ3v) is 4.69. The highest BCUT2D eigenvalue weighted by atomic mass is 32.1. The second-order valence-electron chi connectivity index (χ2n) is 5.77. The molecule has 0 saturated carbocycles. The Hall–Kier alpha value is -2.71. The van der Waals surface area contributed by atoms with Gasteiger partial charge in [-0.3, -0.25) is 14.8 Å². The molecule has 3 aromatic rings. The number of carbonyl (C=O) groups is 1. The number of ether oxygens (including phenoxy) is 1. The smallest absolute Gasteiger partial charge is 0.320 e. The Morgan fingerprint density at radius 1 is 1.38 bits per heavy atom. The number of rotatable bonds is 9. The van der Waals surface area contributed by atoms with E-state index in [0.717, 1.165) is 22.0 Å². The van der Waals surface area contributed by atoms with Crippen molar-refractivity contribution >= 4 is 17.3 Å². The number of aryl methyl sites for hydroxylation is 1. The predicted molar refractivity (Wildman–Crippen MR) is 99.1 cm³/mol. The van der Waals surface area contributed by atoms with E-state index in [1.54, 1.807) is 10.9 Å². The van der Waals surface area contributed by atoms with Crippen molar-refractivity contribution in [3.63, 3.8) is 0 Å². The average Bonchev–Trinajstić information content (AvgIpc) is 3.27. The first kappa shape index (κ1) is 18.1. The fourth-order valence-electron chi connectivity index (χ4n) is 2.40. The summed E-state index contributed by atoms with van der Waals surface area (Å²) in [4.78, 5) is 16.0. The van der Waals surface area contributed by atoms with Gasteiger partial charge in [0.05, 0.1) is 18.5 Å². The number of carboxylic acid groups (broad SMARTS) is 1. The van der Waals surface area contributed by atoms with Crippen LogP contribution in [0.2, 0.25) is 0 Å². The maximum Gasteiger partial charge on any atom is 0.320 e. The minimum atomic E-state index is -0.899. The first-order valence-corrected chi connectivity index (χ1v) is 9.07.